The molecule has 0 radical (unpaired) electrons. The van der Waals surface area contributed by atoms with Crippen molar-refractivity contribution in [3.05, 3.63) is 33.6 Å². The van der Waals surface area contributed by atoms with Crippen molar-refractivity contribution in [1.29, 1.82) is 0 Å². The lowest BCUT2D eigenvalue weighted by molar-refractivity contribution is -0.385. The summed E-state index contributed by atoms with van der Waals surface area (Å²) in [7, 11) is 0. The third-order valence-corrected chi connectivity index (χ3v) is 2.12. The van der Waals surface area contributed by atoms with Crippen molar-refractivity contribution in [2.75, 3.05) is 6.54 Å². The average molecular weight is 179 g/mol. The topological polar surface area (TPSA) is 68.1 Å². The van der Waals surface area contributed by atoms with Crippen LogP contribution in [0.15, 0.2) is 12.3 Å². The number of nitrogens with one attached hydrogen (secondary N) is 1. The highest BCUT2D eigenvalue weighted by molar-refractivity contribution is 5.35. The summed E-state index contributed by atoms with van der Waals surface area (Å²) in [4.78, 5) is 14.1. The molecule has 1 aromatic rings. The molecular formula is C8H9N3O2. The molecular weight excluding hydrogens is 170 g/mol. The Morgan fingerprint density at radius 3 is 3.23 bits per heavy atom. The van der Waals surface area contributed by atoms with Crippen molar-refractivity contribution in [2.45, 2.75) is 13.0 Å². The quantitative estimate of drug-likeness (QED) is 0.507. The molecule has 2 heterocycles. The van der Waals surface area contributed by atoms with E-state index in [2.05, 4.69) is 10.3 Å². The number of nitrogens with zero attached hydrogens (tertiary/aromatic N) is 2. The molecule has 0 fully saturated rings. The van der Waals surface area contributed by atoms with Crippen LogP contribution in [0.5, 0.6) is 0 Å². The Morgan fingerprint density at radius 2 is 2.46 bits per heavy atom. The second-order valence-corrected chi connectivity index (χ2v) is 2.98. The van der Waals surface area contributed by atoms with Crippen molar-refractivity contribution in [2.24, 2.45) is 0 Å². The molecule has 0 aliphatic carbocycles. The zero-order valence-corrected chi connectivity index (χ0v) is 6.99. The van der Waals surface area contributed by atoms with Gasteiger partial charge in [-0.15, -0.1) is 0 Å². The molecule has 0 saturated carbocycles. The summed E-state index contributed by atoms with van der Waals surface area (Å²) in [5.41, 5.74) is 2.01. The van der Waals surface area contributed by atoms with Gasteiger partial charge in [-0.05, 0) is 18.5 Å². The first-order chi connectivity index (χ1) is 6.27. The van der Waals surface area contributed by atoms with Crippen LogP contribution < -0.4 is 5.32 Å². The molecule has 13 heavy (non-hydrogen) atoms. The van der Waals surface area contributed by atoms with Gasteiger partial charge in [0, 0.05) is 12.6 Å². The molecule has 0 aromatic carbocycles. The number of nitro groups is 1. The van der Waals surface area contributed by atoms with E-state index in [0.29, 0.717) is 6.54 Å². The average Bonchev–Trinajstić information content (AvgIpc) is 2.17. The predicted molar refractivity (Wildman–Crippen MR) is 46.3 cm³/mol. The van der Waals surface area contributed by atoms with Crippen LogP contribution in [-0.2, 0) is 13.0 Å². The molecule has 68 valence electrons. The van der Waals surface area contributed by atoms with Crippen molar-refractivity contribution in [3.63, 3.8) is 0 Å². The summed E-state index contributed by atoms with van der Waals surface area (Å²) in [6.07, 6.45) is 2.13. The minimum Gasteiger partial charge on any atom is -0.311 e. The normalized spacial score (nSPS) is 15.1. The smallest absolute Gasteiger partial charge is 0.287 e. The highest BCUT2D eigenvalue weighted by Crippen LogP contribution is 2.17. The first kappa shape index (κ1) is 8.12. The van der Waals surface area contributed by atoms with Crippen LogP contribution in [-0.4, -0.2) is 16.5 Å². The molecule has 0 spiro atoms. The monoisotopic (exact) mass is 179 g/mol. The molecule has 0 bridgehead atoms. The minimum atomic E-state index is -0.407. The summed E-state index contributed by atoms with van der Waals surface area (Å²) in [6.45, 7) is 1.59. The van der Waals surface area contributed by atoms with Crippen LogP contribution >= 0.6 is 0 Å². The third kappa shape index (κ3) is 1.50. The van der Waals surface area contributed by atoms with E-state index < -0.39 is 4.92 Å². The highest BCUT2D eigenvalue weighted by Gasteiger charge is 2.14. The van der Waals surface area contributed by atoms with Crippen molar-refractivity contribution in [1.82, 2.24) is 10.3 Å². The SMILES string of the molecule is O=[N+]([O-])c1cnc2c(c1)CCNC2. The van der Waals surface area contributed by atoms with Crippen molar-refractivity contribution in [3.8, 4) is 0 Å². The Kier molecular flexibility index (Phi) is 1.94. The second kappa shape index (κ2) is 3.10. The predicted octanol–water partition coefficient (Wildman–Crippen LogP) is 0.635. The van der Waals surface area contributed by atoms with E-state index in [1.165, 1.54) is 6.20 Å². The Labute approximate surface area is 74.9 Å². The lowest BCUT2D eigenvalue weighted by Crippen LogP contribution is -2.24. The number of rotatable bonds is 1. The van der Waals surface area contributed by atoms with Gasteiger partial charge in [-0.1, -0.05) is 0 Å². The number of hydrogen-bond acceptors (Lipinski definition) is 4. The molecule has 0 saturated heterocycles. The lowest BCUT2D eigenvalue weighted by atomic mass is 10.1. The molecule has 0 atom stereocenters. The van der Waals surface area contributed by atoms with Gasteiger partial charge in [-0.3, -0.25) is 15.1 Å². The van der Waals surface area contributed by atoms with Crippen molar-refractivity contribution < 1.29 is 4.92 Å². The van der Waals surface area contributed by atoms with Gasteiger partial charge >= 0.3 is 0 Å². The van der Waals surface area contributed by atoms with Crippen LogP contribution in [0, 0.1) is 10.1 Å². The first-order valence-electron chi connectivity index (χ1n) is 4.10. The van der Waals surface area contributed by atoms with Crippen LogP contribution in [0.25, 0.3) is 0 Å². The number of fused-ring (bicyclic) bond motifs is 1. The standard InChI is InChI=1S/C8H9N3O2/c12-11(13)7-3-6-1-2-9-5-8(6)10-4-7/h3-4,9H,1-2,5H2. The van der Waals surface area contributed by atoms with Gasteiger partial charge in [0.1, 0.15) is 6.20 Å². The van der Waals surface area contributed by atoms with E-state index in [9.17, 15) is 10.1 Å². The number of pyridine rings is 1. The second-order valence-electron chi connectivity index (χ2n) is 2.98. The van der Waals surface area contributed by atoms with E-state index in [1.807, 2.05) is 0 Å². The summed E-state index contributed by atoms with van der Waals surface area (Å²) in [5, 5.41) is 13.6. The van der Waals surface area contributed by atoms with Gasteiger partial charge in [0.05, 0.1) is 10.6 Å². The Morgan fingerprint density at radius 1 is 1.62 bits per heavy atom. The molecule has 5 heteroatoms. The van der Waals surface area contributed by atoms with Gasteiger partial charge in [0.2, 0.25) is 0 Å². The Bertz CT molecular complexity index is 351. The number of hydrogen-bond donors (Lipinski definition) is 1. The summed E-state index contributed by atoms with van der Waals surface area (Å²) in [6, 6.07) is 1.61. The number of aromatic nitrogens is 1. The zero-order chi connectivity index (χ0) is 9.26. The van der Waals surface area contributed by atoms with E-state index in [0.717, 1.165) is 24.2 Å². The molecule has 1 aromatic heterocycles. The largest absolute Gasteiger partial charge is 0.311 e. The van der Waals surface area contributed by atoms with Gasteiger partial charge in [-0.25, -0.2) is 0 Å². The van der Waals surface area contributed by atoms with E-state index in [4.69, 9.17) is 0 Å². The maximum Gasteiger partial charge on any atom is 0.287 e. The molecule has 2 rings (SSSR count). The molecule has 0 amide bonds. The van der Waals surface area contributed by atoms with Crippen molar-refractivity contribution >= 4 is 5.69 Å². The van der Waals surface area contributed by atoms with Crippen LogP contribution in [0.2, 0.25) is 0 Å². The molecule has 1 N–H and O–H groups in total. The Hall–Kier alpha value is -1.49. The minimum absolute atomic E-state index is 0.0839. The van der Waals surface area contributed by atoms with Crippen LogP contribution in [0.3, 0.4) is 0 Å². The lowest BCUT2D eigenvalue weighted by Gasteiger charge is -2.14. The molecule has 1 aliphatic heterocycles. The zero-order valence-electron chi connectivity index (χ0n) is 6.99. The van der Waals surface area contributed by atoms with Crippen LogP contribution in [0.4, 0.5) is 5.69 Å². The maximum absolute atomic E-state index is 10.4. The summed E-state index contributed by atoms with van der Waals surface area (Å²) in [5.74, 6) is 0. The third-order valence-electron chi connectivity index (χ3n) is 2.12. The summed E-state index contributed by atoms with van der Waals surface area (Å²) >= 11 is 0. The first-order valence-corrected chi connectivity index (χ1v) is 4.10. The highest BCUT2D eigenvalue weighted by atomic mass is 16.6. The van der Waals surface area contributed by atoms with E-state index in [1.54, 1.807) is 6.07 Å². The van der Waals surface area contributed by atoms with Gasteiger partial charge in [-0.2, -0.15) is 0 Å². The molecule has 5 nitrogen and oxygen atoms in total. The van der Waals surface area contributed by atoms with E-state index in [-0.39, 0.29) is 5.69 Å². The summed E-state index contributed by atoms with van der Waals surface area (Å²) < 4.78 is 0. The molecule has 0 unspecified atom stereocenters. The Balaban J connectivity index is 2.40. The molecule has 1 aliphatic rings. The van der Waals surface area contributed by atoms with Gasteiger partial charge in [0.15, 0.2) is 0 Å². The maximum atomic E-state index is 10.4. The van der Waals surface area contributed by atoms with E-state index >= 15 is 0 Å². The fraction of sp³-hybridized carbons (Fsp3) is 0.375. The fourth-order valence-electron chi connectivity index (χ4n) is 1.43. The fourth-order valence-corrected chi connectivity index (χ4v) is 1.43. The van der Waals surface area contributed by atoms with Gasteiger partial charge < -0.3 is 5.32 Å². The van der Waals surface area contributed by atoms with Crippen LogP contribution in [0.1, 0.15) is 11.3 Å². The van der Waals surface area contributed by atoms with Gasteiger partial charge in [0.25, 0.3) is 5.69 Å².